The van der Waals surface area contributed by atoms with Crippen molar-refractivity contribution in [3.8, 4) is 0 Å². The third kappa shape index (κ3) is 2.13. The van der Waals surface area contributed by atoms with Crippen LogP contribution in [0.4, 0.5) is 0 Å². The Balaban J connectivity index is 2.20. The van der Waals surface area contributed by atoms with Gasteiger partial charge in [-0.05, 0) is 56.3 Å². The third-order valence-corrected chi connectivity index (χ3v) is 4.48. The summed E-state index contributed by atoms with van der Waals surface area (Å²) in [6.07, 6.45) is 7.07. The van der Waals surface area contributed by atoms with Crippen LogP contribution in [0.1, 0.15) is 46.5 Å². The molecule has 2 aliphatic rings. The Bertz CT molecular complexity index is 254. The van der Waals surface area contributed by atoms with Crippen molar-refractivity contribution in [2.45, 2.75) is 52.6 Å². The van der Waals surface area contributed by atoms with Crippen molar-refractivity contribution in [3.63, 3.8) is 0 Å². The van der Waals surface area contributed by atoms with Crippen molar-refractivity contribution in [3.05, 3.63) is 11.6 Å². The largest absolute Gasteiger partial charge is 0.393 e. The highest BCUT2D eigenvalue weighted by Gasteiger charge is 2.39. The van der Waals surface area contributed by atoms with Gasteiger partial charge in [-0.1, -0.05) is 25.5 Å². The Labute approximate surface area is 93.6 Å². The maximum Gasteiger partial charge on any atom is 0.0574 e. The monoisotopic (exact) mass is 208 g/mol. The van der Waals surface area contributed by atoms with Crippen LogP contribution in [0, 0.1) is 23.7 Å². The maximum atomic E-state index is 10.1. The predicted octanol–water partition coefficient (Wildman–Crippen LogP) is 3.39. The number of hydrogen-bond donors (Lipinski definition) is 1. The molecule has 86 valence electrons. The quantitative estimate of drug-likeness (QED) is 0.655. The number of rotatable bonds is 1. The predicted molar refractivity (Wildman–Crippen MR) is 63.5 cm³/mol. The molecule has 0 heterocycles. The molecular weight excluding hydrogens is 184 g/mol. The molecule has 0 aromatic carbocycles. The summed E-state index contributed by atoms with van der Waals surface area (Å²) < 4.78 is 0. The van der Waals surface area contributed by atoms with Gasteiger partial charge in [-0.25, -0.2) is 0 Å². The van der Waals surface area contributed by atoms with Gasteiger partial charge in [0.05, 0.1) is 6.10 Å². The first kappa shape index (κ1) is 11.2. The van der Waals surface area contributed by atoms with E-state index in [1.807, 2.05) is 0 Å². The molecule has 0 radical (unpaired) electrons. The molecule has 1 N–H and O–H groups in total. The lowest BCUT2D eigenvalue weighted by atomic mass is 9.63. The number of allylic oxidation sites excluding steroid dienone is 2. The van der Waals surface area contributed by atoms with Gasteiger partial charge in [0.2, 0.25) is 0 Å². The minimum Gasteiger partial charge on any atom is -0.393 e. The van der Waals surface area contributed by atoms with Crippen LogP contribution in [0.3, 0.4) is 0 Å². The number of hydrogen-bond acceptors (Lipinski definition) is 1. The van der Waals surface area contributed by atoms with Crippen molar-refractivity contribution >= 4 is 0 Å². The first-order valence-electron chi connectivity index (χ1n) is 6.45. The molecule has 0 bridgehead atoms. The van der Waals surface area contributed by atoms with E-state index in [1.54, 1.807) is 0 Å². The summed E-state index contributed by atoms with van der Waals surface area (Å²) in [5.41, 5.74) is 1.54. The van der Waals surface area contributed by atoms with E-state index in [0.29, 0.717) is 11.8 Å². The molecule has 2 rings (SSSR count). The van der Waals surface area contributed by atoms with Crippen LogP contribution < -0.4 is 0 Å². The molecule has 1 heteroatoms. The fourth-order valence-corrected chi connectivity index (χ4v) is 3.56. The van der Waals surface area contributed by atoms with E-state index in [9.17, 15) is 5.11 Å². The molecule has 0 spiro atoms. The highest BCUT2D eigenvalue weighted by Crippen LogP contribution is 2.45. The standard InChI is InChI=1S/C14H24O/c1-9(2)11-6-7-14(15)12-5-4-10(3)8-13(11)12/h8-9,11-15H,4-7H2,1-3H3. The van der Waals surface area contributed by atoms with Gasteiger partial charge >= 0.3 is 0 Å². The van der Waals surface area contributed by atoms with E-state index in [1.165, 1.54) is 24.8 Å². The first-order chi connectivity index (χ1) is 7.09. The minimum atomic E-state index is -0.0330. The second kappa shape index (κ2) is 4.29. The molecule has 1 nitrogen and oxygen atoms in total. The van der Waals surface area contributed by atoms with E-state index in [-0.39, 0.29) is 6.10 Å². The molecule has 0 aromatic rings. The second-order valence-corrected chi connectivity index (χ2v) is 5.85. The normalized spacial score (nSPS) is 41.3. The van der Waals surface area contributed by atoms with E-state index in [0.717, 1.165) is 18.3 Å². The molecule has 2 aliphatic carbocycles. The summed E-state index contributed by atoms with van der Waals surface area (Å²) in [6, 6.07) is 0. The summed E-state index contributed by atoms with van der Waals surface area (Å²) in [7, 11) is 0. The molecule has 0 aliphatic heterocycles. The minimum absolute atomic E-state index is 0.0330. The number of fused-ring (bicyclic) bond motifs is 1. The summed E-state index contributed by atoms with van der Waals surface area (Å²) in [6.45, 7) is 6.91. The average Bonchev–Trinajstić information content (AvgIpc) is 2.17. The molecule has 15 heavy (non-hydrogen) atoms. The lowest BCUT2D eigenvalue weighted by Gasteiger charge is -2.44. The first-order valence-corrected chi connectivity index (χ1v) is 6.45. The van der Waals surface area contributed by atoms with Crippen molar-refractivity contribution < 1.29 is 5.11 Å². The van der Waals surface area contributed by atoms with Crippen LogP contribution >= 0.6 is 0 Å². The molecular formula is C14H24O. The molecule has 0 aromatic heterocycles. The Hall–Kier alpha value is -0.300. The van der Waals surface area contributed by atoms with Crippen LogP contribution in [-0.4, -0.2) is 11.2 Å². The Morgan fingerprint density at radius 1 is 1.27 bits per heavy atom. The van der Waals surface area contributed by atoms with Crippen molar-refractivity contribution in [1.82, 2.24) is 0 Å². The molecule has 1 saturated carbocycles. The number of aliphatic hydroxyl groups excluding tert-OH is 1. The summed E-state index contributed by atoms with van der Waals surface area (Å²) in [5, 5.41) is 10.1. The van der Waals surface area contributed by atoms with Gasteiger partial charge in [0.15, 0.2) is 0 Å². The summed E-state index contributed by atoms with van der Waals surface area (Å²) in [4.78, 5) is 0. The van der Waals surface area contributed by atoms with Crippen molar-refractivity contribution in [2.75, 3.05) is 0 Å². The number of aliphatic hydroxyl groups is 1. The van der Waals surface area contributed by atoms with Crippen LogP contribution in [0.5, 0.6) is 0 Å². The van der Waals surface area contributed by atoms with E-state index in [2.05, 4.69) is 26.8 Å². The highest BCUT2D eigenvalue weighted by atomic mass is 16.3. The molecule has 0 saturated heterocycles. The van der Waals surface area contributed by atoms with E-state index < -0.39 is 0 Å². The van der Waals surface area contributed by atoms with E-state index in [4.69, 9.17) is 0 Å². The lowest BCUT2D eigenvalue weighted by molar-refractivity contribution is -0.000989. The second-order valence-electron chi connectivity index (χ2n) is 5.85. The maximum absolute atomic E-state index is 10.1. The molecule has 1 fully saturated rings. The molecule has 4 atom stereocenters. The van der Waals surface area contributed by atoms with Crippen LogP contribution in [-0.2, 0) is 0 Å². The van der Waals surface area contributed by atoms with Crippen LogP contribution in [0.2, 0.25) is 0 Å². The summed E-state index contributed by atoms with van der Waals surface area (Å²) >= 11 is 0. The Morgan fingerprint density at radius 3 is 2.67 bits per heavy atom. The zero-order chi connectivity index (χ0) is 11.0. The van der Waals surface area contributed by atoms with Gasteiger partial charge in [0.25, 0.3) is 0 Å². The van der Waals surface area contributed by atoms with E-state index >= 15 is 0 Å². The van der Waals surface area contributed by atoms with Crippen molar-refractivity contribution in [1.29, 1.82) is 0 Å². The third-order valence-electron chi connectivity index (χ3n) is 4.48. The fourth-order valence-electron chi connectivity index (χ4n) is 3.56. The highest BCUT2D eigenvalue weighted by molar-refractivity contribution is 5.11. The average molecular weight is 208 g/mol. The smallest absolute Gasteiger partial charge is 0.0574 e. The Kier molecular flexibility index (Phi) is 3.20. The van der Waals surface area contributed by atoms with Crippen LogP contribution in [0.15, 0.2) is 11.6 Å². The zero-order valence-electron chi connectivity index (χ0n) is 10.2. The van der Waals surface area contributed by atoms with Gasteiger partial charge in [-0.2, -0.15) is 0 Å². The fraction of sp³-hybridized carbons (Fsp3) is 0.857. The lowest BCUT2D eigenvalue weighted by Crippen LogP contribution is -2.40. The van der Waals surface area contributed by atoms with Gasteiger partial charge in [-0.3, -0.25) is 0 Å². The van der Waals surface area contributed by atoms with Gasteiger partial charge < -0.3 is 5.11 Å². The van der Waals surface area contributed by atoms with Gasteiger partial charge in [0.1, 0.15) is 0 Å². The molecule has 0 amide bonds. The topological polar surface area (TPSA) is 20.2 Å². The molecule has 4 unspecified atom stereocenters. The Morgan fingerprint density at radius 2 is 2.00 bits per heavy atom. The van der Waals surface area contributed by atoms with Gasteiger partial charge in [0, 0.05) is 0 Å². The summed E-state index contributed by atoms with van der Waals surface area (Å²) in [5.74, 6) is 2.76. The van der Waals surface area contributed by atoms with Crippen LogP contribution in [0.25, 0.3) is 0 Å². The SMILES string of the molecule is CC1=CC2C(C(C)C)CCC(O)C2CC1. The van der Waals surface area contributed by atoms with Crippen molar-refractivity contribution in [2.24, 2.45) is 23.7 Å². The van der Waals surface area contributed by atoms with Gasteiger partial charge in [-0.15, -0.1) is 0 Å². The zero-order valence-corrected chi connectivity index (χ0v) is 10.2.